The normalized spacial score (nSPS) is 21.1. The number of hydrogen-bond acceptors (Lipinski definition) is 3. The highest BCUT2D eigenvalue weighted by Crippen LogP contribution is 2.30. The first-order chi connectivity index (χ1) is 11.7. The van der Waals surface area contributed by atoms with E-state index >= 15 is 0 Å². The zero-order valence-electron chi connectivity index (χ0n) is 13.2. The fraction of sp³-hybridized carbons (Fsp3) is 0.316. The summed E-state index contributed by atoms with van der Waals surface area (Å²) in [5.41, 5.74) is 3.53. The van der Waals surface area contributed by atoms with Crippen molar-refractivity contribution in [2.24, 2.45) is 0 Å². The van der Waals surface area contributed by atoms with Crippen LogP contribution in [-0.4, -0.2) is 29.3 Å². The highest BCUT2D eigenvalue weighted by molar-refractivity contribution is 9.09. The number of hydrogen-bond donors (Lipinski definition) is 0. The predicted molar refractivity (Wildman–Crippen MR) is 99.5 cm³/mol. The monoisotopic (exact) mass is 407 g/mol. The van der Waals surface area contributed by atoms with Crippen LogP contribution in [0, 0.1) is 0 Å². The Morgan fingerprint density at radius 3 is 2.42 bits per heavy atom. The Labute approximate surface area is 155 Å². The minimum atomic E-state index is -0.507. The molecule has 1 aliphatic rings. The minimum Gasteiger partial charge on any atom is -0.347 e. The molecule has 1 heterocycles. The van der Waals surface area contributed by atoms with Crippen molar-refractivity contribution in [1.29, 1.82) is 0 Å². The third-order valence-electron chi connectivity index (χ3n) is 4.21. The molecule has 1 unspecified atom stereocenters. The lowest BCUT2D eigenvalue weighted by molar-refractivity contribution is -0.123. The van der Waals surface area contributed by atoms with Crippen molar-refractivity contribution in [2.75, 3.05) is 11.9 Å². The van der Waals surface area contributed by atoms with Crippen LogP contribution in [0.25, 0.3) is 0 Å². The molecule has 24 heavy (non-hydrogen) atoms. The molecule has 3 rings (SSSR count). The summed E-state index contributed by atoms with van der Waals surface area (Å²) in [6, 6.07) is 16.1. The van der Waals surface area contributed by atoms with Gasteiger partial charge >= 0.3 is 0 Å². The number of nitrogens with zero attached hydrogens (tertiary/aromatic N) is 1. The van der Waals surface area contributed by atoms with Crippen molar-refractivity contribution in [3.8, 4) is 0 Å². The number of rotatable bonds is 6. The number of aryl methyl sites for hydroxylation is 1. The van der Waals surface area contributed by atoms with Gasteiger partial charge in [-0.15, -0.1) is 0 Å². The summed E-state index contributed by atoms with van der Waals surface area (Å²) >= 11 is 9.39. The Morgan fingerprint density at radius 1 is 1.12 bits per heavy atom. The highest BCUT2D eigenvalue weighted by Gasteiger charge is 2.33. The molecular weight excluding hydrogens is 390 g/mol. The van der Waals surface area contributed by atoms with Crippen LogP contribution < -0.4 is 0 Å². The van der Waals surface area contributed by atoms with Crippen LogP contribution in [0.1, 0.15) is 22.8 Å². The third kappa shape index (κ3) is 4.25. The van der Waals surface area contributed by atoms with Crippen molar-refractivity contribution < 1.29 is 9.53 Å². The van der Waals surface area contributed by atoms with Crippen LogP contribution in [0.15, 0.2) is 48.5 Å². The smallest absolute Gasteiger partial charge is 0.168 e. The van der Waals surface area contributed by atoms with Gasteiger partial charge in [0.2, 0.25) is 0 Å². The molecule has 1 fully saturated rings. The standard InChI is InChI=1S/C19H19BrClNO2/c20-10-9-14-1-3-15(4-2-14)11-22-12-18(24-19(22)13-23)16-5-7-17(21)8-6-16/h1-8,13,18-19H,9-12H2/t18-,19?/m0/s1. The third-order valence-corrected chi connectivity index (χ3v) is 4.86. The van der Waals surface area contributed by atoms with Crippen LogP contribution in [0.3, 0.4) is 0 Å². The van der Waals surface area contributed by atoms with Gasteiger partial charge in [0, 0.05) is 23.4 Å². The Bertz CT molecular complexity index is 675. The number of ether oxygens (including phenoxy) is 1. The van der Waals surface area contributed by atoms with Crippen LogP contribution in [-0.2, 0) is 22.5 Å². The van der Waals surface area contributed by atoms with Crippen molar-refractivity contribution in [2.45, 2.75) is 25.3 Å². The number of aldehydes is 1. The number of alkyl halides is 1. The zero-order valence-corrected chi connectivity index (χ0v) is 15.5. The van der Waals surface area contributed by atoms with Crippen molar-refractivity contribution in [1.82, 2.24) is 4.90 Å². The molecule has 0 amide bonds. The average Bonchev–Trinajstić information content (AvgIpc) is 3.00. The van der Waals surface area contributed by atoms with Gasteiger partial charge in [0.25, 0.3) is 0 Å². The fourth-order valence-electron chi connectivity index (χ4n) is 2.90. The van der Waals surface area contributed by atoms with Gasteiger partial charge in [-0.1, -0.05) is 63.9 Å². The van der Waals surface area contributed by atoms with E-state index in [4.69, 9.17) is 16.3 Å². The summed E-state index contributed by atoms with van der Waals surface area (Å²) in [6.45, 7) is 1.39. The summed E-state index contributed by atoms with van der Waals surface area (Å²) in [5.74, 6) is 0. The van der Waals surface area contributed by atoms with E-state index in [2.05, 4.69) is 45.1 Å². The molecule has 2 aromatic carbocycles. The Balaban J connectivity index is 1.68. The Hall–Kier alpha value is -1.20. The lowest BCUT2D eigenvalue weighted by Gasteiger charge is -2.18. The lowest BCUT2D eigenvalue weighted by Crippen LogP contribution is -2.30. The lowest BCUT2D eigenvalue weighted by atomic mass is 10.1. The maximum Gasteiger partial charge on any atom is 0.168 e. The van der Waals surface area contributed by atoms with Crippen LogP contribution in [0.5, 0.6) is 0 Å². The molecular formula is C19H19BrClNO2. The van der Waals surface area contributed by atoms with Gasteiger partial charge in [-0.25, -0.2) is 0 Å². The Kier molecular flexibility index (Phi) is 6.06. The maximum atomic E-state index is 11.4. The van der Waals surface area contributed by atoms with Gasteiger partial charge in [-0.3, -0.25) is 9.69 Å². The SMILES string of the molecule is O=CC1O[C@H](c2ccc(Cl)cc2)CN1Cc1ccc(CCBr)cc1. The van der Waals surface area contributed by atoms with Gasteiger partial charge in [-0.2, -0.15) is 0 Å². The minimum absolute atomic E-state index is 0.106. The van der Waals surface area contributed by atoms with E-state index in [0.29, 0.717) is 18.1 Å². The van der Waals surface area contributed by atoms with Crippen molar-refractivity contribution in [3.63, 3.8) is 0 Å². The molecule has 2 atom stereocenters. The van der Waals surface area contributed by atoms with E-state index in [-0.39, 0.29) is 6.10 Å². The van der Waals surface area contributed by atoms with E-state index < -0.39 is 6.23 Å². The molecule has 0 aliphatic carbocycles. The summed E-state index contributed by atoms with van der Waals surface area (Å²) in [7, 11) is 0. The second-order valence-electron chi connectivity index (χ2n) is 5.89. The first-order valence-corrected chi connectivity index (χ1v) is 9.43. The molecule has 0 radical (unpaired) electrons. The van der Waals surface area contributed by atoms with E-state index in [9.17, 15) is 4.79 Å². The van der Waals surface area contributed by atoms with Gasteiger partial charge in [0.05, 0.1) is 6.10 Å². The summed E-state index contributed by atoms with van der Waals surface area (Å²) in [4.78, 5) is 13.4. The second-order valence-corrected chi connectivity index (χ2v) is 7.12. The fourth-order valence-corrected chi connectivity index (χ4v) is 3.49. The predicted octanol–water partition coefficient (Wildman–Crippen LogP) is 4.38. The molecule has 0 spiro atoms. The van der Waals surface area contributed by atoms with Gasteiger partial charge in [-0.05, 0) is 35.2 Å². The summed E-state index contributed by atoms with van der Waals surface area (Å²) in [5, 5.41) is 1.66. The highest BCUT2D eigenvalue weighted by atomic mass is 79.9. The van der Waals surface area contributed by atoms with E-state index in [1.165, 1.54) is 11.1 Å². The first-order valence-electron chi connectivity index (χ1n) is 7.93. The number of carbonyl (C=O) groups excluding carboxylic acids is 1. The van der Waals surface area contributed by atoms with E-state index in [1.54, 1.807) is 0 Å². The quantitative estimate of drug-likeness (QED) is 0.525. The molecule has 0 N–H and O–H groups in total. The van der Waals surface area contributed by atoms with Gasteiger partial charge in [0.1, 0.15) is 0 Å². The van der Waals surface area contributed by atoms with Crippen LogP contribution >= 0.6 is 27.5 Å². The van der Waals surface area contributed by atoms with Gasteiger partial charge < -0.3 is 4.74 Å². The topological polar surface area (TPSA) is 29.5 Å². The molecule has 1 aliphatic heterocycles. The number of halogens is 2. The molecule has 0 bridgehead atoms. The molecule has 5 heteroatoms. The molecule has 2 aromatic rings. The summed E-state index contributed by atoms with van der Waals surface area (Å²) < 4.78 is 5.89. The maximum absolute atomic E-state index is 11.4. The van der Waals surface area contributed by atoms with E-state index in [0.717, 1.165) is 23.6 Å². The van der Waals surface area contributed by atoms with Crippen LogP contribution in [0.2, 0.25) is 5.02 Å². The second kappa shape index (κ2) is 8.26. The summed E-state index contributed by atoms with van der Waals surface area (Å²) in [6.07, 6.45) is 1.27. The number of carbonyl (C=O) groups is 1. The molecule has 126 valence electrons. The number of benzene rings is 2. The van der Waals surface area contributed by atoms with Crippen LogP contribution in [0.4, 0.5) is 0 Å². The van der Waals surface area contributed by atoms with Crippen molar-refractivity contribution >= 4 is 33.8 Å². The average molecular weight is 409 g/mol. The Morgan fingerprint density at radius 2 is 1.79 bits per heavy atom. The zero-order chi connectivity index (χ0) is 16.9. The van der Waals surface area contributed by atoms with Crippen molar-refractivity contribution in [3.05, 3.63) is 70.2 Å². The molecule has 1 saturated heterocycles. The first kappa shape index (κ1) is 17.6. The largest absolute Gasteiger partial charge is 0.347 e. The molecule has 3 nitrogen and oxygen atoms in total. The molecule has 0 aromatic heterocycles. The van der Waals surface area contributed by atoms with E-state index in [1.807, 2.05) is 24.3 Å². The van der Waals surface area contributed by atoms with Gasteiger partial charge in [0.15, 0.2) is 12.5 Å². The molecule has 0 saturated carbocycles.